The smallest absolute Gasteiger partial charge is 0.246 e. The van der Waals surface area contributed by atoms with Gasteiger partial charge in [0.15, 0.2) is 0 Å². The molecule has 0 aromatic carbocycles. The average molecular weight is 409 g/mol. The lowest BCUT2D eigenvalue weighted by molar-refractivity contribution is -0.144. The molecular formula is C23H40N2O4. The molecule has 0 aromatic heterocycles. The van der Waals surface area contributed by atoms with Crippen LogP contribution in [0.15, 0.2) is 0 Å². The SMILES string of the molecule is COCC(=O)N[C@H]1CC[C@]2(C)CCC([C@H](C)C(=O)NC3CCCC3)[C@H](O)[C@H]2[C@@H]1C. The summed E-state index contributed by atoms with van der Waals surface area (Å²) < 4.78 is 4.95. The zero-order chi connectivity index (χ0) is 21.2. The first-order valence-electron chi connectivity index (χ1n) is 11.5. The van der Waals surface area contributed by atoms with Crippen LogP contribution in [0.2, 0.25) is 0 Å². The summed E-state index contributed by atoms with van der Waals surface area (Å²) in [6.07, 6.45) is 7.86. The Bertz CT molecular complexity index is 591. The minimum atomic E-state index is -0.518. The molecule has 3 N–H and O–H groups in total. The fourth-order valence-corrected chi connectivity index (χ4v) is 6.47. The second-order valence-corrected chi connectivity index (χ2v) is 10.2. The van der Waals surface area contributed by atoms with E-state index in [1.54, 1.807) is 0 Å². The lowest BCUT2D eigenvalue weighted by atomic mass is 9.51. The van der Waals surface area contributed by atoms with E-state index in [-0.39, 0.29) is 53.5 Å². The highest BCUT2D eigenvalue weighted by atomic mass is 16.5. The maximum Gasteiger partial charge on any atom is 0.246 e. The summed E-state index contributed by atoms with van der Waals surface area (Å²) in [5.41, 5.74) is 0.0689. The van der Waals surface area contributed by atoms with Gasteiger partial charge in [0.05, 0.1) is 6.10 Å². The van der Waals surface area contributed by atoms with Crippen molar-refractivity contribution in [3.05, 3.63) is 0 Å². The monoisotopic (exact) mass is 408 g/mol. The number of hydrogen-bond donors (Lipinski definition) is 3. The van der Waals surface area contributed by atoms with Crippen LogP contribution in [0.1, 0.15) is 72.1 Å². The van der Waals surface area contributed by atoms with Crippen LogP contribution < -0.4 is 10.6 Å². The van der Waals surface area contributed by atoms with Gasteiger partial charge in [-0.3, -0.25) is 9.59 Å². The summed E-state index contributed by atoms with van der Waals surface area (Å²) in [7, 11) is 1.52. The van der Waals surface area contributed by atoms with Gasteiger partial charge in [-0.05, 0) is 61.7 Å². The molecule has 3 rings (SSSR count). The number of fused-ring (bicyclic) bond motifs is 1. The second-order valence-electron chi connectivity index (χ2n) is 10.2. The molecule has 0 radical (unpaired) electrons. The number of carbonyl (C=O) groups is 2. The maximum absolute atomic E-state index is 12.9. The quantitative estimate of drug-likeness (QED) is 0.630. The molecule has 6 heteroatoms. The number of rotatable bonds is 6. The molecule has 7 atom stereocenters. The molecule has 0 spiro atoms. The van der Waals surface area contributed by atoms with E-state index < -0.39 is 6.10 Å². The third-order valence-corrected chi connectivity index (χ3v) is 8.27. The first-order valence-corrected chi connectivity index (χ1v) is 11.5. The van der Waals surface area contributed by atoms with E-state index in [2.05, 4.69) is 24.5 Å². The van der Waals surface area contributed by atoms with Gasteiger partial charge in [0.25, 0.3) is 0 Å². The molecule has 3 saturated carbocycles. The standard InChI is InChI=1S/C23H40N2O4/c1-14(22(28)24-16-7-5-6-8-16)17-9-11-23(3)12-10-18(25-19(26)13-29-4)15(2)20(23)21(17)27/h14-18,20-21,27H,5-13H2,1-4H3,(H,24,28)(H,25,26)/t14-,15+,17?,18-,20+,21-,23-/m0/s1. The molecule has 3 fully saturated rings. The van der Waals surface area contributed by atoms with Crippen LogP contribution in [0.3, 0.4) is 0 Å². The van der Waals surface area contributed by atoms with Crippen LogP contribution >= 0.6 is 0 Å². The summed E-state index contributed by atoms with van der Waals surface area (Å²) in [6, 6.07) is 0.358. The Balaban J connectivity index is 1.68. The molecule has 0 saturated heterocycles. The Hall–Kier alpha value is -1.14. The van der Waals surface area contributed by atoms with E-state index in [0.29, 0.717) is 6.04 Å². The van der Waals surface area contributed by atoms with E-state index in [1.165, 1.54) is 20.0 Å². The van der Waals surface area contributed by atoms with Crippen LogP contribution in [0.5, 0.6) is 0 Å². The highest BCUT2D eigenvalue weighted by Gasteiger charge is 2.53. The fourth-order valence-electron chi connectivity index (χ4n) is 6.47. The molecule has 29 heavy (non-hydrogen) atoms. The van der Waals surface area contributed by atoms with Gasteiger partial charge in [-0.15, -0.1) is 0 Å². The number of methoxy groups -OCH3 is 1. The number of hydrogen-bond acceptors (Lipinski definition) is 4. The number of carbonyl (C=O) groups excluding carboxylic acids is 2. The predicted octanol–water partition coefficient (Wildman–Crippen LogP) is 2.64. The van der Waals surface area contributed by atoms with Crippen molar-refractivity contribution in [3.8, 4) is 0 Å². The number of aliphatic hydroxyl groups is 1. The third kappa shape index (κ3) is 4.79. The van der Waals surface area contributed by atoms with Crippen molar-refractivity contribution in [1.82, 2.24) is 10.6 Å². The van der Waals surface area contributed by atoms with E-state index in [0.717, 1.165) is 38.5 Å². The van der Waals surface area contributed by atoms with E-state index in [9.17, 15) is 14.7 Å². The highest BCUT2D eigenvalue weighted by molar-refractivity contribution is 5.79. The third-order valence-electron chi connectivity index (χ3n) is 8.27. The molecule has 2 amide bonds. The van der Waals surface area contributed by atoms with Crippen LogP contribution in [0.4, 0.5) is 0 Å². The van der Waals surface area contributed by atoms with Crippen LogP contribution in [-0.4, -0.2) is 48.8 Å². The van der Waals surface area contributed by atoms with Gasteiger partial charge in [-0.2, -0.15) is 0 Å². The first-order chi connectivity index (χ1) is 13.8. The zero-order valence-corrected chi connectivity index (χ0v) is 18.6. The van der Waals surface area contributed by atoms with Gasteiger partial charge in [0, 0.05) is 25.1 Å². The van der Waals surface area contributed by atoms with Crippen molar-refractivity contribution in [2.75, 3.05) is 13.7 Å². The largest absolute Gasteiger partial charge is 0.392 e. The molecule has 0 bridgehead atoms. The van der Waals surface area contributed by atoms with Crippen molar-refractivity contribution < 1.29 is 19.4 Å². The summed E-state index contributed by atoms with van der Waals surface area (Å²) in [4.78, 5) is 24.9. The predicted molar refractivity (Wildman–Crippen MR) is 112 cm³/mol. The van der Waals surface area contributed by atoms with Crippen molar-refractivity contribution in [3.63, 3.8) is 0 Å². The van der Waals surface area contributed by atoms with E-state index in [1.807, 2.05) is 6.92 Å². The zero-order valence-electron chi connectivity index (χ0n) is 18.6. The Morgan fingerprint density at radius 2 is 1.79 bits per heavy atom. The second kappa shape index (κ2) is 9.34. The van der Waals surface area contributed by atoms with Gasteiger partial charge in [-0.25, -0.2) is 0 Å². The van der Waals surface area contributed by atoms with Crippen molar-refractivity contribution >= 4 is 11.8 Å². The van der Waals surface area contributed by atoms with Gasteiger partial charge in [0.1, 0.15) is 6.61 Å². The van der Waals surface area contributed by atoms with Crippen LogP contribution in [-0.2, 0) is 14.3 Å². The number of ether oxygens (including phenoxy) is 1. The van der Waals surface area contributed by atoms with Crippen molar-refractivity contribution in [1.29, 1.82) is 0 Å². The molecule has 1 unspecified atom stereocenters. The Morgan fingerprint density at radius 1 is 1.14 bits per heavy atom. The lowest BCUT2D eigenvalue weighted by Gasteiger charge is -2.56. The Labute approximate surface area is 175 Å². The Morgan fingerprint density at radius 3 is 2.45 bits per heavy atom. The molecule has 6 nitrogen and oxygen atoms in total. The average Bonchev–Trinajstić information content (AvgIpc) is 3.17. The van der Waals surface area contributed by atoms with Gasteiger partial charge < -0.3 is 20.5 Å². The molecule has 3 aliphatic rings. The first kappa shape index (κ1) is 22.5. The molecule has 0 aromatic rings. The highest BCUT2D eigenvalue weighted by Crippen LogP contribution is 2.55. The molecule has 0 heterocycles. The van der Waals surface area contributed by atoms with Crippen molar-refractivity contribution in [2.24, 2.45) is 29.1 Å². The van der Waals surface area contributed by atoms with Gasteiger partial charge >= 0.3 is 0 Å². The number of amides is 2. The molecular weight excluding hydrogens is 368 g/mol. The molecule has 166 valence electrons. The van der Waals surface area contributed by atoms with Gasteiger partial charge in [0.2, 0.25) is 11.8 Å². The van der Waals surface area contributed by atoms with Gasteiger partial charge in [-0.1, -0.05) is 33.6 Å². The maximum atomic E-state index is 12.9. The Kier molecular flexibility index (Phi) is 7.26. The summed E-state index contributed by atoms with van der Waals surface area (Å²) >= 11 is 0. The fraction of sp³-hybridized carbons (Fsp3) is 0.913. The van der Waals surface area contributed by atoms with Crippen LogP contribution in [0, 0.1) is 29.1 Å². The lowest BCUT2D eigenvalue weighted by Crippen LogP contribution is -2.59. The molecule has 0 aliphatic heterocycles. The normalized spacial score (nSPS) is 38.9. The van der Waals surface area contributed by atoms with Crippen molar-refractivity contribution in [2.45, 2.75) is 90.3 Å². The number of aliphatic hydroxyl groups excluding tert-OH is 1. The van der Waals surface area contributed by atoms with E-state index in [4.69, 9.17) is 4.74 Å². The summed E-state index contributed by atoms with van der Waals surface area (Å²) in [5, 5.41) is 17.7. The summed E-state index contributed by atoms with van der Waals surface area (Å²) in [5.74, 6) is 0.0373. The minimum absolute atomic E-state index is 0.0228. The van der Waals surface area contributed by atoms with E-state index >= 15 is 0 Å². The topological polar surface area (TPSA) is 87.7 Å². The molecule has 3 aliphatic carbocycles. The minimum Gasteiger partial charge on any atom is -0.392 e. The van der Waals surface area contributed by atoms with Crippen LogP contribution in [0.25, 0.3) is 0 Å². The summed E-state index contributed by atoms with van der Waals surface area (Å²) in [6.45, 7) is 6.47. The number of nitrogens with one attached hydrogen (secondary N) is 2.